The highest BCUT2D eigenvalue weighted by Gasteiger charge is 2.17. The molecule has 1 aromatic rings. The fourth-order valence-electron chi connectivity index (χ4n) is 1.75. The highest BCUT2D eigenvalue weighted by atomic mass is 19.1. The summed E-state index contributed by atoms with van der Waals surface area (Å²) in [7, 11) is 0. The lowest BCUT2D eigenvalue weighted by Gasteiger charge is -2.27. The van der Waals surface area contributed by atoms with Gasteiger partial charge in [0.05, 0.1) is 6.67 Å². The summed E-state index contributed by atoms with van der Waals surface area (Å²) in [5, 5.41) is 3.18. The van der Waals surface area contributed by atoms with Gasteiger partial charge in [0, 0.05) is 30.3 Å². The summed E-state index contributed by atoms with van der Waals surface area (Å²) < 4.78 is 30.8. The monoisotopic (exact) mass is 280 g/mol. The van der Waals surface area contributed by atoms with Crippen LogP contribution in [-0.4, -0.2) is 30.9 Å². The van der Waals surface area contributed by atoms with E-state index in [9.17, 15) is 8.78 Å². The number of ether oxygens (including phenoxy) is 1. The zero-order chi connectivity index (χ0) is 14.2. The van der Waals surface area contributed by atoms with E-state index in [-0.39, 0.29) is 12.4 Å². The zero-order valence-corrected chi connectivity index (χ0v) is 11.3. The van der Waals surface area contributed by atoms with Crippen LogP contribution in [0.2, 0.25) is 0 Å². The number of hydrogen-bond donors (Lipinski definition) is 1. The van der Waals surface area contributed by atoms with Crippen LogP contribution in [0, 0.1) is 17.8 Å². The first kappa shape index (κ1) is 14.7. The van der Waals surface area contributed by atoms with Gasteiger partial charge in [0.25, 0.3) is 5.95 Å². The van der Waals surface area contributed by atoms with Crippen LogP contribution in [0.25, 0.3) is 0 Å². The Hall–Kier alpha value is -1.67. The molecule has 5 heteroatoms. The van der Waals surface area contributed by atoms with Crippen LogP contribution in [0.1, 0.15) is 31.2 Å². The van der Waals surface area contributed by atoms with E-state index in [4.69, 9.17) is 4.74 Å². The average Bonchev–Trinajstić information content (AvgIpc) is 2.40. The van der Waals surface area contributed by atoms with E-state index >= 15 is 0 Å². The maximum absolute atomic E-state index is 13.5. The number of unbranched alkanes of at least 4 members (excludes halogenated alkanes) is 2. The number of nitrogens with one attached hydrogen (secondary N) is 1. The summed E-state index contributed by atoms with van der Waals surface area (Å²) in [4.78, 5) is 3.64. The molecular formula is C15H18F2N2O. The molecule has 2 heterocycles. The molecule has 1 saturated heterocycles. The van der Waals surface area contributed by atoms with Gasteiger partial charge in [0.2, 0.25) is 0 Å². The fourth-order valence-corrected chi connectivity index (χ4v) is 1.75. The Labute approximate surface area is 117 Å². The first-order valence-electron chi connectivity index (χ1n) is 6.86. The van der Waals surface area contributed by atoms with E-state index in [1.54, 1.807) is 6.07 Å². The molecule has 108 valence electrons. The topological polar surface area (TPSA) is 34.1 Å². The van der Waals surface area contributed by atoms with Gasteiger partial charge < -0.3 is 10.1 Å². The molecule has 0 amide bonds. The Morgan fingerprint density at radius 3 is 3.00 bits per heavy atom. The normalized spacial score (nSPS) is 17.0. The maximum atomic E-state index is 13.5. The highest BCUT2D eigenvalue weighted by Crippen LogP contribution is 2.17. The number of nitrogens with zero attached hydrogens (tertiary/aromatic N) is 1. The van der Waals surface area contributed by atoms with Crippen LogP contribution >= 0.6 is 0 Å². The lowest BCUT2D eigenvalue weighted by Crippen LogP contribution is -2.46. The van der Waals surface area contributed by atoms with Gasteiger partial charge in [-0.3, -0.25) is 4.39 Å². The molecule has 1 N–H and O–H groups in total. The van der Waals surface area contributed by atoms with Gasteiger partial charge in [-0.2, -0.15) is 4.39 Å². The highest BCUT2D eigenvalue weighted by molar-refractivity contribution is 5.37. The summed E-state index contributed by atoms with van der Waals surface area (Å²) in [6, 6.07) is 1.85. The van der Waals surface area contributed by atoms with Crippen molar-refractivity contribution >= 4 is 0 Å². The van der Waals surface area contributed by atoms with Gasteiger partial charge in [-0.25, -0.2) is 4.98 Å². The van der Waals surface area contributed by atoms with Crippen molar-refractivity contribution < 1.29 is 13.5 Å². The Balaban J connectivity index is 1.89. The average molecular weight is 280 g/mol. The maximum Gasteiger partial charge on any atom is 0.255 e. The summed E-state index contributed by atoms with van der Waals surface area (Å²) in [6.45, 7) is 1.11. The lowest BCUT2D eigenvalue weighted by atomic mass is 10.1. The second-order valence-corrected chi connectivity index (χ2v) is 4.71. The van der Waals surface area contributed by atoms with Crippen LogP contribution in [0.15, 0.2) is 12.3 Å². The Kier molecular flexibility index (Phi) is 5.75. The van der Waals surface area contributed by atoms with Crippen LogP contribution in [0.4, 0.5) is 8.78 Å². The molecule has 0 saturated carbocycles. The van der Waals surface area contributed by atoms with E-state index in [1.807, 2.05) is 0 Å². The van der Waals surface area contributed by atoms with Crippen molar-refractivity contribution in [2.75, 3.05) is 19.8 Å². The number of alkyl halides is 1. The Bertz CT molecular complexity index is 492. The molecule has 0 bridgehead atoms. The zero-order valence-electron chi connectivity index (χ0n) is 11.3. The number of hydrogen-bond acceptors (Lipinski definition) is 3. The largest absolute Gasteiger partial charge is 0.487 e. The predicted octanol–water partition coefficient (Wildman–Crippen LogP) is 2.45. The smallest absolute Gasteiger partial charge is 0.255 e. The van der Waals surface area contributed by atoms with Gasteiger partial charge in [-0.05, 0) is 25.8 Å². The van der Waals surface area contributed by atoms with E-state index in [2.05, 4.69) is 22.1 Å². The van der Waals surface area contributed by atoms with Crippen molar-refractivity contribution in [1.82, 2.24) is 10.3 Å². The van der Waals surface area contributed by atoms with Crippen LogP contribution in [-0.2, 0) is 0 Å². The van der Waals surface area contributed by atoms with Crippen molar-refractivity contribution in [3.63, 3.8) is 0 Å². The molecule has 0 radical (unpaired) electrons. The summed E-state index contributed by atoms with van der Waals surface area (Å²) in [6.07, 6.45) is 4.31. The van der Waals surface area contributed by atoms with E-state index < -0.39 is 5.95 Å². The van der Waals surface area contributed by atoms with Gasteiger partial charge in [-0.1, -0.05) is 11.8 Å². The first-order chi connectivity index (χ1) is 9.79. The summed E-state index contributed by atoms with van der Waals surface area (Å²) in [5.41, 5.74) is 0.614. The molecule has 20 heavy (non-hydrogen) atoms. The molecule has 2 rings (SSSR count). The number of halogens is 2. The molecule has 1 atom stereocenters. The van der Waals surface area contributed by atoms with Crippen LogP contribution in [0.5, 0.6) is 5.75 Å². The van der Waals surface area contributed by atoms with Crippen molar-refractivity contribution in [2.45, 2.75) is 31.7 Å². The molecular weight excluding hydrogens is 262 g/mol. The van der Waals surface area contributed by atoms with E-state index in [0.29, 0.717) is 31.1 Å². The molecule has 0 aromatic carbocycles. The summed E-state index contributed by atoms with van der Waals surface area (Å²) in [5.74, 6) is 5.33. The van der Waals surface area contributed by atoms with Gasteiger partial charge in [0.1, 0.15) is 6.61 Å². The minimum absolute atomic E-state index is 0.134. The quantitative estimate of drug-likeness (QED) is 0.494. The van der Waals surface area contributed by atoms with Crippen molar-refractivity contribution in [3.05, 3.63) is 23.8 Å². The third kappa shape index (κ3) is 4.46. The minimum Gasteiger partial charge on any atom is -0.487 e. The Morgan fingerprint density at radius 1 is 1.45 bits per heavy atom. The molecule has 0 spiro atoms. The Morgan fingerprint density at radius 2 is 2.30 bits per heavy atom. The minimum atomic E-state index is -0.618. The van der Waals surface area contributed by atoms with E-state index in [1.165, 1.54) is 6.20 Å². The molecule has 1 aromatic heterocycles. The second kappa shape index (κ2) is 7.81. The van der Waals surface area contributed by atoms with E-state index in [0.717, 1.165) is 19.4 Å². The number of rotatable bonds is 6. The lowest BCUT2D eigenvalue weighted by molar-refractivity contribution is 0.209. The van der Waals surface area contributed by atoms with Gasteiger partial charge in [0.15, 0.2) is 5.75 Å². The molecule has 1 aliphatic rings. The second-order valence-electron chi connectivity index (χ2n) is 4.71. The SMILES string of the molecule is FCCCCC#Cc1cnc(F)c(OC[C@@H]2CCN2)c1. The van der Waals surface area contributed by atoms with Crippen molar-refractivity contribution in [1.29, 1.82) is 0 Å². The molecule has 3 nitrogen and oxygen atoms in total. The molecule has 1 aliphatic heterocycles. The molecule has 0 unspecified atom stereocenters. The van der Waals surface area contributed by atoms with Crippen molar-refractivity contribution in [3.8, 4) is 17.6 Å². The summed E-state index contributed by atoms with van der Waals surface area (Å²) >= 11 is 0. The first-order valence-corrected chi connectivity index (χ1v) is 6.86. The number of pyridine rings is 1. The number of aromatic nitrogens is 1. The predicted molar refractivity (Wildman–Crippen MR) is 72.8 cm³/mol. The van der Waals surface area contributed by atoms with Crippen LogP contribution in [0.3, 0.4) is 0 Å². The fraction of sp³-hybridized carbons (Fsp3) is 0.533. The third-order valence-electron chi connectivity index (χ3n) is 3.09. The van der Waals surface area contributed by atoms with Gasteiger partial charge in [-0.15, -0.1) is 0 Å². The third-order valence-corrected chi connectivity index (χ3v) is 3.09. The molecule has 0 aliphatic carbocycles. The molecule has 1 fully saturated rings. The van der Waals surface area contributed by atoms with Crippen LogP contribution < -0.4 is 10.1 Å². The standard InChI is InChI=1S/C15H18F2N2O/c16-7-4-2-1-3-5-12-9-14(15(17)19-10-12)20-11-13-6-8-18-13/h9-10,13,18H,1-2,4,6-8,11H2/t13-/m0/s1. The van der Waals surface area contributed by atoms with Gasteiger partial charge >= 0.3 is 0 Å². The van der Waals surface area contributed by atoms with Crippen molar-refractivity contribution in [2.24, 2.45) is 0 Å².